The molecular formula is C6H10N2O2S. The van der Waals surface area contributed by atoms with Crippen molar-refractivity contribution in [2.24, 2.45) is 0 Å². The minimum atomic E-state index is -0.538. The van der Waals surface area contributed by atoms with Crippen LogP contribution in [-0.2, 0) is 4.75 Å². The van der Waals surface area contributed by atoms with E-state index < -0.39 is 10.4 Å². The van der Waals surface area contributed by atoms with Crippen LogP contribution in [0.15, 0.2) is 4.79 Å². The zero-order chi connectivity index (χ0) is 8.65. The molecule has 0 amide bonds. The Morgan fingerprint density at radius 3 is 2.18 bits per heavy atom. The monoisotopic (exact) mass is 174 g/mol. The van der Waals surface area contributed by atoms with Crippen molar-refractivity contribution in [3.8, 4) is 5.88 Å². The number of aromatic amines is 2. The van der Waals surface area contributed by atoms with E-state index in [1.165, 1.54) is 0 Å². The van der Waals surface area contributed by atoms with E-state index in [2.05, 4.69) is 22.6 Å². The van der Waals surface area contributed by atoms with Crippen molar-refractivity contribution >= 4 is 12.6 Å². The molecule has 5 heteroatoms. The van der Waals surface area contributed by atoms with Crippen LogP contribution < -0.4 is 5.69 Å². The average molecular weight is 174 g/mol. The van der Waals surface area contributed by atoms with E-state index in [0.29, 0.717) is 5.69 Å². The molecule has 0 aliphatic rings. The Balaban J connectivity index is 3.24. The Hall–Kier alpha value is -0.840. The molecule has 0 saturated carbocycles. The highest BCUT2D eigenvalue weighted by Crippen LogP contribution is 2.29. The zero-order valence-corrected chi connectivity index (χ0v) is 7.20. The lowest BCUT2D eigenvalue weighted by Gasteiger charge is -2.14. The second-order valence-electron chi connectivity index (χ2n) is 2.86. The van der Waals surface area contributed by atoms with Gasteiger partial charge in [-0.25, -0.2) is 4.79 Å². The minimum absolute atomic E-state index is 0.144. The van der Waals surface area contributed by atoms with Crippen LogP contribution >= 0.6 is 12.6 Å². The highest BCUT2D eigenvalue weighted by Gasteiger charge is 2.21. The van der Waals surface area contributed by atoms with Crippen LogP contribution in [0.25, 0.3) is 0 Å². The van der Waals surface area contributed by atoms with Gasteiger partial charge in [0.25, 0.3) is 0 Å². The fourth-order valence-electron chi connectivity index (χ4n) is 0.817. The summed E-state index contributed by atoms with van der Waals surface area (Å²) in [5.74, 6) is -0.144. The summed E-state index contributed by atoms with van der Waals surface area (Å²) in [5.41, 5.74) is -0.00883. The maximum Gasteiger partial charge on any atom is 0.326 e. The third-order valence-corrected chi connectivity index (χ3v) is 1.54. The van der Waals surface area contributed by atoms with Crippen molar-refractivity contribution in [3.63, 3.8) is 0 Å². The number of aromatic hydroxyl groups is 1. The van der Waals surface area contributed by atoms with Gasteiger partial charge in [0.2, 0.25) is 5.88 Å². The van der Waals surface area contributed by atoms with Gasteiger partial charge >= 0.3 is 5.69 Å². The fraction of sp³-hybridized carbons (Fsp3) is 0.500. The van der Waals surface area contributed by atoms with Gasteiger partial charge in [0.05, 0.1) is 10.4 Å². The minimum Gasteiger partial charge on any atom is -0.493 e. The first kappa shape index (κ1) is 8.26. The molecule has 0 aromatic carbocycles. The molecule has 1 aromatic heterocycles. The van der Waals surface area contributed by atoms with E-state index >= 15 is 0 Å². The lowest BCUT2D eigenvalue weighted by atomic mass is 10.1. The molecule has 1 aromatic rings. The Morgan fingerprint density at radius 2 is 2.00 bits per heavy atom. The lowest BCUT2D eigenvalue weighted by molar-refractivity contribution is 0.443. The summed E-state index contributed by atoms with van der Waals surface area (Å²) in [7, 11) is 0. The van der Waals surface area contributed by atoms with Gasteiger partial charge in [-0.05, 0) is 13.8 Å². The lowest BCUT2D eigenvalue weighted by Crippen LogP contribution is -2.10. The Morgan fingerprint density at radius 1 is 1.45 bits per heavy atom. The van der Waals surface area contributed by atoms with Gasteiger partial charge in [0, 0.05) is 0 Å². The molecule has 0 bridgehead atoms. The van der Waals surface area contributed by atoms with Gasteiger partial charge in [-0.2, -0.15) is 12.6 Å². The second-order valence-corrected chi connectivity index (χ2v) is 3.98. The molecule has 1 heterocycles. The van der Waals surface area contributed by atoms with Crippen molar-refractivity contribution in [1.29, 1.82) is 0 Å². The van der Waals surface area contributed by atoms with Gasteiger partial charge in [-0.1, -0.05) is 0 Å². The number of hydrogen-bond acceptors (Lipinski definition) is 3. The molecule has 1 rings (SSSR count). The number of hydrogen-bond donors (Lipinski definition) is 4. The van der Waals surface area contributed by atoms with Crippen LogP contribution in [-0.4, -0.2) is 15.1 Å². The van der Waals surface area contributed by atoms with Crippen LogP contribution in [0, 0.1) is 0 Å². The van der Waals surface area contributed by atoms with Gasteiger partial charge in [-0.15, -0.1) is 0 Å². The van der Waals surface area contributed by atoms with Gasteiger partial charge < -0.3 is 10.1 Å². The predicted octanol–water partition coefficient (Wildman–Crippen LogP) is 0.573. The molecule has 0 saturated heterocycles. The van der Waals surface area contributed by atoms with Gasteiger partial charge in [-0.3, -0.25) is 4.98 Å². The molecule has 0 unspecified atom stereocenters. The number of rotatable bonds is 1. The maximum absolute atomic E-state index is 10.7. The third-order valence-electron chi connectivity index (χ3n) is 1.32. The van der Waals surface area contributed by atoms with E-state index in [4.69, 9.17) is 5.11 Å². The first-order valence-electron chi connectivity index (χ1n) is 3.15. The molecule has 4 nitrogen and oxygen atoms in total. The standard InChI is InChI=1S/C6H10N2O2S/c1-6(2,11)3-4(9)8-5(10)7-3/h9,11H,1-2H3,(H2,7,8,10). The molecule has 62 valence electrons. The second kappa shape index (κ2) is 2.34. The smallest absolute Gasteiger partial charge is 0.326 e. The normalized spacial score (nSPS) is 11.9. The molecule has 0 radical (unpaired) electrons. The predicted molar refractivity (Wildman–Crippen MR) is 45.1 cm³/mol. The molecule has 0 atom stereocenters. The van der Waals surface area contributed by atoms with Crippen molar-refractivity contribution < 1.29 is 5.11 Å². The fourth-order valence-corrected chi connectivity index (χ4v) is 0.979. The van der Waals surface area contributed by atoms with Crippen LogP contribution in [0.2, 0.25) is 0 Å². The molecule has 3 N–H and O–H groups in total. The van der Waals surface area contributed by atoms with E-state index in [9.17, 15) is 4.79 Å². The summed E-state index contributed by atoms with van der Waals surface area (Å²) in [6.45, 7) is 3.55. The van der Waals surface area contributed by atoms with E-state index in [-0.39, 0.29) is 5.88 Å². The van der Waals surface area contributed by atoms with Crippen molar-refractivity contribution in [3.05, 3.63) is 16.2 Å². The first-order chi connectivity index (χ1) is 4.91. The first-order valence-corrected chi connectivity index (χ1v) is 3.60. The average Bonchev–Trinajstić information content (AvgIpc) is 2.08. The van der Waals surface area contributed by atoms with E-state index in [1.807, 2.05) is 0 Å². The Labute approximate surface area is 69.1 Å². The quantitative estimate of drug-likeness (QED) is 0.470. The number of aromatic nitrogens is 2. The van der Waals surface area contributed by atoms with Crippen LogP contribution in [0.1, 0.15) is 19.5 Å². The van der Waals surface area contributed by atoms with Crippen LogP contribution in [0.5, 0.6) is 5.88 Å². The summed E-state index contributed by atoms with van der Waals surface area (Å²) in [6, 6.07) is 0. The number of thiol groups is 1. The van der Waals surface area contributed by atoms with Crippen molar-refractivity contribution in [1.82, 2.24) is 9.97 Å². The molecule has 0 spiro atoms. The van der Waals surface area contributed by atoms with Gasteiger partial charge in [0.1, 0.15) is 0 Å². The molecule has 0 aliphatic carbocycles. The molecular weight excluding hydrogens is 164 g/mol. The highest BCUT2D eigenvalue weighted by molar-refractivity contribution is 7.81. The summed E-state index contributed by atoms with van der Waals surface area (Å²) in [6.07, 6.45) is 0. The number of H-pyrrole nitrogens is 2. The van der Waals surface area contributed by atoms with Crippen LogP contribution in [0.3, 0.4) is 0 Å². The highest BCUT2D eigenvalue weighted by atomic mass is 32.1. The largest absolute Gasteiger partial charge is 0.493 e. The third kappa shape index (κ3) is 1.59. The zero-order valence-electron chi connectivity index (χ0n) is 6.30. The topological polar surface area (TPSA) is 68.9 Å². The SMILES string of the molecule is CC(C)(S)c1[nH]c(=O)[nH]c1O. The summed E-state index contributed by atoms with van der Waals surface area (Å²) >= 11 is 4.18. The summed E-state index contributed by atoms with van der Waals surface area (Å²) in [4.78, 5) is 15.3. The van der Waals surface area contributed by atoms with Crippen LogP contribution in [0.4, 0.5) is 0 Å². The number of imidazole rings is 1. The summed E-state index contributed by atoms with van der Waals surface area (Å²) in [5, 5.41) is 9.13. The van der Waals surface area contributed by atoms with Crippen molar-refractivity contribution in [2.45, 2.75) is 18.6 Å². The molecule has 11 heavy (non-hydrogen) atoms. The molecule has 0 fully saturated rings. The molecule has 0 aliphatic heterocycles. The van der Waals surface area contributed by atoms with Gasteiger partial charge in [0.15, 0.2) is 0 Å². The Kier molecular flexibility index (Phi) is 1.75. The van der Waals surface area contributed by atoms with E-state index in [0.717, 1.165) is 0 Å². The Bertz CT molecular complexity index is 307. The van der Waals surface area contributed by atoms with Crippen molar-refractivity contribution in [2.75, 3.05) is 0 Å². The number of nitrogens with one attached hydrogen (secondary N) is 2. The van der Waals surface area contributed by atoms with E-state index in [1.54, 1.807) is 13.8 Å². The maximum atomic E-state index is 10.7. The summed E-state index contributed by atoms with van der Waals surface area (Å²) < 4.78 is -0.538.